The topological polar surface area (TPSA) is 52.8 Å². The van der Waals surface area contributed by atoms with Gasteiger partial charge in [-0.15, -0.1) is 21.5 Å². The van der Waals surface area contributed by atoms with Crippen LogP contribution in [0.1, 0.15) is 30.5 Å². The summed E-state index contributed by atoms with van der Waals surface area (Å²) in [7, 11) is 1.67. The number of nitrogens with zero attached hydrogens (tertiary/aromatic N) is 4. The molecule has 2 heterocycles. The summed E-state index contributed by atoms with van der Waals surface area (Å²) in [5.41, 5.74) is 2.16. The third-order valence-electron chi connectivity index (χ3n) is 3.82. The van der Waals surface area contributed by atoms with Gasteiger partial charge in [0.25, 0.3) is 0 Å². The fourth-order valence-electron chi connectivity index (χ4n) is 2.48. The van der Waals surface area contributed by atoms with Crippen LogP contribution in [0.4, 0.5) is 0 Å². The maximum absolute atomic E-state index is 5.24. The van der Waals surface area contributed by atoms with Crippen molar-refractivity contribution >= 4 is 23.1 Å². The van der Waals surface area contributed by atoms with E-state index < -0.39 is 0 Å². The Morgan fingerprint density at radius 3 is 2.64 bits per heavy atom. The van der Waals surface area contributed by atoms with Crippen molar-refractivity contribution in [2.75, 3.05) is 7.11 Å². The average Bonchev–Trinajstić information content (AvgIpc) is 3.24. The Balaban J connectivity index is 1.83. The molecule has 0 N–H and O–H groups in total. The molecule has 2 aromatic heterocycles. The van der Waals surface area contributed by atoms with Gasteiger partial charge in [-0.3, -0.25) is 0 Å². The van der Waals surface area contributed by atoms with E-state index in [1.165, 1.54) is 0 Å². The van der Waals surface area contributed by atoms with Crippen molar-refractivity contribution in [1.82, 2.24) is 19.7 Å². The number of unbranched alkanes of at least 4 members (excludes halogenated alkanes) is 1. The molecule has 0 aliphatic rings. The predicted octanol–water partition coefficient (Wildman–Crippen LogP) is 4.81. The SMILES string of the molecule is CCCCn1c(SCc2csc(C)n2)nnc1-c1ccc(OC)cc1. The number of thioether (sulfide) groups is 1. The molecule has 0 bridgehead atoms. The maximum atomic E-state index is 5.24. The van der Waals surface area contributed by atoms with Crippen molar-refractivity contribution in [3.63, 3.8) is 0 Å². The van der Waals surface area contributed by atoms with Crippen molar-refractivity contribution in [3.8, 4) is 17.1 Å². The van der Waals surface area contributed by atoms with Gasteiger partial charge in [-0.05, 0) is 37.6 Å². The molecule has 0 saturated carbocycles. The molecule has 0 amide bonds. The summed E-state index contributed by atoms with van der Waals surface area (Å²) in [4.78, 5) is 4.53. The molecule has 1 aromatic carbocycles. The van der Waals surface area contributed by atoms with Gasteiger partial charge in [-0.25, -0.2) is 4.98 Å². The summed E-state index contributed by atoms with van der Waals surface area (Å²) in [6.45, 7) is 5.15. The minimum atomic E-state index is 0.817. The van der Waals surface area contributed by atoms with E-state index in [9.17, 15) is 0 Å². The largest absolute Gasteiger partial charge is 0.497 e. The number of ether oxygens (including phenoxy) is 1. The van der Waals surface area contributed by atoms with Crippen molar-refractivity contribution < 1.29 is 4.74 Å². The summed E-state index contributed by atoms with van der Waals surface area (Å²) >= 11 is 3.38. The highest BCUT2D eigenvalue weighted by molar-refractivity contribution is 7.98. The zero-order valence-electron chi connectivity index (χ0n) is 14.7. The number of hydrogen-bond donors (Lipinski definition) is 0. The standard InChI is InChI=1S/C18H22N4OS2/c1-4-5-10-22-17(14-6-8-16(23-3)9-7-14)20-21-18(22)25-12-15-11-24-13(2)19-15/h6-9,11H,4-5,10,12H2,1-3H3. The zero-order valence-corrected chi connectivity index (χ0v) is 16.4. The Kier molecular flexibility index (Phi) is 6.09. The van der Waals surface area contributed by atoms with Crippen molar-refractivity contribution in [2.24, 2.45) is 0 Å². The van der Waals surface area contributed by atoms with Gasteiger partial charge in [-0.2, -0.15) is 0 Å². The third kappa shape index (κ3) is 4.41. The Morgan fingerprint density at radius 1 is 1.20 bits per heavy atom. The molecule has 0 atom stereocenters. The van der Waals surface area contributed by atoms with E-state index in [1.807, 2.05) is 31.2 Å². The molecule has 7 heteroatoms. The normalized spacial score (nSPS) is 11.0. The molecule has 0 spiro atoms. The predicted molar refractivity (Wildman–Crippen MR) is 103 cm³/mol. The van der Waals surface area contributed by atoms with Gasteiger partial charge in [0, 0.05) is 23.2 Å². The Labute approximate surface area is 156 Å². The fraction of sp³-hybridized carbons (Fsp3) is 0.389. The van der Waals surface area contributed by atoms with Crippen molar-refractivity contribution in [1.29, 1.82) is 0 Å². The zero-order chi connectivity index (χ0) is 17.6. The summed E-state index contributed by atoms with van der Waals surface area (Å²) in [5.74, 6) is 2.57. The highest BCUT2D eigenvalue weighted by Gasteiger charge is 2.15. The quantitative estimate of drug-likeness (QED) is 0.530. The average molecular weight is 375 g/mol. The highest BCUT2D eigenvalue weighted by Crippen LogP contribution is 2.28. The summed E-state index contributed by atoms with van der Waals surface area (Å²) in [6, 6.07) is 7.98. The molecule has 0 aliphatic heterocycles. The van der Waals surface area contributed by atoms with Crippen LogP contribution < -0.4 is 4.74 Å². The lowest BCUT2D eigenvalue weighted by atomic mass is 10.2. The number of aryl methyl sites for hydroxylation is 1. The third-order valence-corrected chi connectivity index (χ3v) is 5.64. The molecular weight excluding hydrogens is 352 g/mol. The number of rotatable bonds is 8. The van der Waals surface area contributed by atoms with Gasteiger partial charge in [0.05, 0.1) is 17.8 Å². The maximum Gasteiger partial charge on any atom is 0.191 e. The minimum absolute atomic E-state index is 0.817. The Hall–Kier alpha value is -1.86. The van der Waals surface area contributed by atoms with Crippen molar-refractivity contribution in [2.45, 2.75) is 44.1 Å². The van der Waals surface area contributed by atoms with E-state index in [1.54, 1.807) is 30.2 Å². The van der Waals surface area contributed by atoms with E-state index in [0.29, 0.717) is 0 Å². The van der Waals surface area contributed by atoms with E-state index >= 15 is 0 Å². The first-order chi connectivity index (χ1) is 12.2. The number of aromatic nitrogens is 4. The molecule has 132 valence electrons. The Morgan fingerprint density at radius 2 is 2.00 bits per heavy atom. The van der Waals surface area contributed by atoms with Crippen LogP contribution in [0.3, 0.4) is 0 Å². The lowest BCUT2D eigenvalue weighted by Gasteiger charge is -2.09. The van der Waals surface area contributed by atoms with Gasteiger partial charge in [0.1, 0.15) is 5.75 Å². The molecule has 3 aromatic rings. The second-order valence-electron chi connectivity index (χ2n) is 5.69. The molecule has 0 fully saturated rings. The first-order valence-electron chi connectivity index (χ1n) is 8.32. The summed E-state index contributed by atoms with van der Waals surface area (Å²) in [5, 5.41) is 13.0. The number of hydrogen-bond acceptors (Lipinski definition) is 6. The molecule has 3 rings (SSSR count). The van der Waals surface area contributed by atoms with E-state index in [4.69, 9.17) is 4.74 Å². The van der Waals surface area contributed by atoms with Crippen LogP contribution in [0.15, 0.2) is 34.8 Å². The molecule has 5 nitrogen and oxygen atoms in total. The van der Waals surface area contributed by atoms with Gasteiger partial charge < -0.3 is 9.30 Å². The smallest absolute Gasteiger partial charge is 0.191 e. The van der Waals surface area contributed by atoms with Crippen LogP contribution in [-0.2, 0) is 12.3 Å². The fourth-order valence-corrected chi connectivity index (χ4v) is 4.06. The second kappa shape index (κ2) is 8.49. The van der Waals surface area contributed by atoms with Crippen LogP contribution in [0.25, 0.3) is 11.4 Å². The van der Waals surface area contributed by atoms with E-state index in [2.05, 4.69) is 32.1 Å². The van der Waals surface area contributed by atoms with Crippen LogP contribution >= 0.6 is 23.1 Å². The summed E-state index contributed by atoms with van der Waals surface area (Å²) in [6.07, 6.45) is 2.24. The van der Waals surface area contributed by atoms with Gasteiger partial charge in [-0.1, -0.05) is 25.1 Å². The molecule has 0 aliphatic carbocycles. The highest BCUT2D eigenvalue weighted by atomic mass is 32.2. The van der Waals surface area contributed by atoms with E-state index in [0.717, 1.165) is 58.1 Å². The summed E-state index contributed by atoms with van der Waals surface area (Å²) < 4.78 is 7.46. The second-order valence-corrected chi connectivity index (χ2v) is 7.69. The monoisotopic (exact) mass is 374 g/mol. The first-order valence-corrected chi connectivity index (χ1v) is 10.2. The Bertz CT molecular complexity index is 811. The van der Waals surface area contributed by atoms with Gasteiger partial charge >= 0.3 is 0 Å². The van der Waals surface area contributed by atoms with Crippen molar-refractivity contribution in [3.05, 3.63) is 40.3 Å². The first kappa shape index (κ1) is 17.9. The molecule has 0 radical (unpaired) electrons. The molecule has 25 heavy (non-hydrogen) atoms. The lowest BCUT2D eigenvalue weighted by Crippen LogP contribution is -2.02. The van der Waals surface area contributed by atoms with Gasteiger partial charge in [0.15, 0.2) is 11.0 Å². The molecular formula is C18H22N4OS2. The number of benzene rings is 1. The van der Waals surface area contributed by atoms with Crippen LogP contribution in [0.5, 0.6) is 5.75 Å². The van der Waals surface area contributed by atoms with Crippen LogP contribution in [0, 0.1) is 6.92 Å². The molecule has 0 saturated heterocycles. The minimum Gasteiger partial charge on any atom is -0.497 e. The van der Waals surface area contributed by atoms with E-state index in [-0.39, 0.29) is 0 Å². The lowest BCUT2D eigenvalue weighted by molar-refractivity contribution is 0.415. The molecule has 0 unspecified atom stereocenters. The van der Waals surface area contributed by atoms with Gasteiger partial charge in [0.2, 0.25) is 0 Å². The number of thiazole rings is 1. The number of methoxy groups -OCH3 is 1. The van der Waals surface area contributed by atoms with Crippen LogP contribution in [0.2, 0.25) is 0 Å². The van der Waals surface area contributed by atoms with Crippen LogP contribution in [-0.4, -0.2) is 26.9 Å².